The van der Waals surface area contributed by atoms with Gasteiger partial charge in [-0.3, -0.25) is 9.89 Å². The van der Waals surface area contributed by atoms with Gasteiger partial charge in [-0.05, 0) is 39.3 Å². The number of nitrogens with zero attached hydrogens (tertiary/aromatic N) is 3. The second-order valence-electron chi connectivity index (χ2n) is 7.34. The lowest BCUT2D eigenvalue weighted by atomic mass is 10.0. The molecular formula is C18H38IN5O. The topological polar surface area (TPSA) is 52.1 Å². The van der Waals surface area contributed by atoms with E-state index in [9.17, 15) is 0 Å². The lowest BCUT2D eigenvalue weighted by molar-refractivity contribution is 0.00867. The van der Waals surface area contributed by atoms with Gasteiger partial charge in [0.1, 0.15) is 0 Å². The van der Waals surface area contributed by atoms with Crippen molar-refractivity contribution < 1.29 is 4.74 Å². The van der Waals surface area contributed by atoms with Gasteiger partial charge in [-0.1, -0.05) is 13.8 Å². The molecule has 0 aromatic carbocycles. The van der Waals surface area contributed by atoms with Crippen LogP contribution in [0.1, 0.15) is 33.6 Å². The second kappa shape index (κ2) is 12.3. The maximum Gasteiger partial charge on any atom is 0.191 e. The van der Waals surface area contributed by atoms with Gasteiger partial charge in [0, 0.05) is 38.3 Å². The third kappa shape index (κ3) is 7.56. The monoisotopic (exact) mass is 467 g/mol. The molecule has 2 saturated heterocycles. The number of nitrogens with one attached hydrogen (secondary N) is 2. The smallest absolute Gasteiger partial charge is 0.191 e. The van der Waals surface area contributed by atoms with Gasteiger partial charge in [-0.25, -0.2) is 0 Å². The zero-order valence-electron chi connectivity index (χ0n) is 16.5. The Hall–Kier alpha value is -0.120. The van der Waals surface area contributed by atoms with Gasteiger partial charge in [0.25, 0.3) is 0 Å². The molecule has 2 N–H and O–H groups in total. The van der Waals surface area contributed by atoms with Gasteiger partial charge in [-0.2, -0.15) is 0 Å². The number of guanidine groups is 1. The van der Waals surface area contributed by atoms with Crippen LogP contribution in [0.5, 0.6) is 0 Å². The Morgan fingerprint density at radius 1 is 1.20 bits per heavy atom. The Balaban J connectivity index is 0.00000312. The van der Waals surface area contributed by atoms with Crippen molar-refractivity contribution in [2.24, 2.45) is 10.9 Å². The number of hydrogen-bond acceptors (Lipinski definition) is 4. The molecule has 2 unspecified atom stereocenters. The maximum atomic E-state index is 5.49. The third-order valence-corrected chi connectivity index (χ3v) is 5.24. The van der Waals surface area contributed by atoms with Crippen LogP contribution in [-0.4, -0.2) is 87.4 Å². The van der Waals surface area contributed by atoms with Crippen molar-refractivity contribution in [1.29, 1.82) is 0 Å². The maximum absolute atomic E-state index is 5.49. The molecule has 0 bridgehead atoms. The normalized spacial score (nSPS) is 24.2. The Labute approximate surface area is 171 Å². The van der Waals surface area contributed by atoms with Gasteiger partial charge in [0.05, 0.1) is 19.8 Å². The lowest BCUT2D eigenvalue weighted by Crippen LogP contribution is -2.48. The van der Waals surface area contributed by atoms with E-state index in [1.165, 1.54) is 19.4 Å². The number of ether oxygens (including phenoxy) is 1. The molecule has 0 radical (unpaired) electrons. The molecule has 0 spiro atoms. The van der Waals surface area contributed by atoms with Crippen molar-refractivity contribution in [3.8, 4) is 0 Å². The van der Waals surface area contributed by atoms with Gasteiger partial charge < -0.3 is 20.3 Å². The molecule has 0 aliphatic carbocycles. The van der Waals surface area contributed by atoms with E-state index >= 15 is 0 Å². The van der Waals surface area contributed by atoms with Crippen molar-refractivity contribution >= 4 is 29.9 Å². The first-order chi connectivity index (χ1) is 11.6. The van der Waals surface area contributed by atoms with E-state index in [-0.39, 0.29) is 24.0 Å². The average molecular weight is 467 g/mol. The molecule has 2 aliphatic heterocycles. The number of likely N-dealkylation sites (tertiary alicyclic amines) is 1. The van der Waals surface area contributed by atoms with E-state index in [0.29, 0.717) is 18.0 Å². The highest BCUT2D eigenvalue weighted by Gasteiger charge is 2.24. The zero-order valence-corrected chi connectivity index (χ0v) is 18.8. The fraction of sp³-hybridized carbons (Fsp3) is 0.944. The van der Waals surface area contributed by atoms with Crippen LogP contribution in [0.4, 0.5) is 0 Å². The Morgan fingerprint density at radius 3 is 2.48 bits per heavy atom. The number of rotatable bonds is 7. The fourth-order valence-corrected chi connectivity index (χ4v) is 3.64. The second-order valence-corrected chi connectivity index (χ2v) is 7.34. The molecule has 2 atom stereocenters. The van der Waals surface area contributed by atoms with Gasteiger partial charge >= 0.3 is 0 Å². The predicted molar refractivity (Wildman–Crippen MR) is 116 cm³/mol. The van der Waals surface area contributed by atoms with E-state index in [0.717, 1.165) is 51.9 Å². The Morgan fingerprint density at radius 2 is 1.92 bits per heavy atom. The van der Waals surface area contributed by atoms with Crippen molar-refractivity contribution in [3.63, 3.8) is 0 Å². The van der Waals surface area contributed by atoms with Gasteiger partial charge in [0.2, 0.25) is 0 Å². The quantitative estimate of drug-likeness (QED) is 0.339. The number of likely N-dealkylation sites (N-methyl/N-ethyl adjacent to an activating group) is 1. The van der Waals surface area contributed by atoms with Crippen LogP contribution < -0.4 is 10.6 Å². The number of hydrogen-bond donors (Lipinski definition) is 2. The first-order valence-electron chi connectivity index (χ1n) is 9.66. The highest BCUT2D eigenvalue weighted by atomic mass is 127. The molecule has 2 fully saturated rings. The number of halogens is 1. The molecule has 0 aromatic rings. The first kappa shape index (κ1) is 22.9. The summed E-state index contributed by atoms with van der Waals surface area (Å²) < 4.78 is 5.49. The SMILES string of the molecule is CCNC(=NCC(C(C)C)N1CCOCC1)NCC1CCCN1C.I. The predicted octanol–water partition coefficient (Wildman–Crippen LogP) is 1.61. The van der Waals surface area contributed by atoms with Crippen molar-refractivity contribution in [1.82, 2.24) is 20.4 Å². The van der Waals surface area contributed by atoms with Crippen LogP contribution in [0.2, 0.25) is 0 Å². The molecule has 7 heteroatoms. The highest BCUT2D eigenvalue weighted by Crippen LogP contribution is 2.14. The summed E-state index contributed by atoms with van der Waals surface area (Å²) in [6, 6.07) is 1.12. The summed E-state index contributed by atoms with van der Waals surface area (Å²) in [5, 5.41) is 6.94. The minimum absolute atomic E-state index is 0. The molecule has 2 rings (SSSR count). The number of morpholine rings is 1. The molecule has 0 aromatic heterocycles. The zero-order chi connectivity index (χ0) is 17.4. The third-order valence-electron chi connectivity index (χ3n) is 5.24. The summed E-state index contributed by atoms with van der Waals surface area (Å²) in [5.41, 5.74) is 0. The van der Waals surface area contributed by atoms with Crippen LogP contribution in [-0.2, 0) is 4.74 Å². The molecule has 2 heterocycles. The summed E-state index contributed by atoms with van der Waals surface area (Å²) in [6.45, 7) is 14.4. The van der Waals surface area contributed by atoms with Crippen LogP contribution in [0, 0.1) is 5.92 Å². The molecule has 0 saturated carbocycles. The summed E-state index contributed by atoms with van der Waals surface area (Å²) in [6.07, 6.45) is 2.59. The largest absolute Gasteiger partial charge is 0.379 e. The van der Waals surface area contributed by atoms with Crippen LogP contribution in [0.25, 0.3) is 0 Å². The lowest BCUT2D eigenvalue weighted by Gasteiger charge is -2.36. The summed E-state index contributed by atoms with van der Waals surface area (Å²) in [5.74, 6) is 1.55. The summed E-state index contributed by atoms with van der Waals surface area (Å²) in [7, 11) is 2.22. The molecule has 25 heavy (non-hydrogen) atoms. The standard InChI is InChI=1S/C18H37N5O.HI/c1-5-19-18(20-13-16-7-6-8-22(16)4)21-14-17(15(2)3)23-9-11-24-12-10-23;/h15-17H,5-14H2,1-4H3,(H2,19,20,21);1H. The van der Waals surface area contributed by atoms with Crippen molar-refractivity contribution in [3.05, 3.63) is 0 Å². The number of aliphatic imine (C=N–C) groups is 1. The highest BCUT2D eigenvalue weighted by molar-refractivity contribution is 14.0. The van der Waals surface area contributed by atoms with Crippen LogP contribution in [0.3, 0.4) is 0 Å². The minimum Gasteiger partial charge on any atom is -0.379 e. The van der Waals surface area contributed by atoms with E-state index in [4.69, 9.17) is 9.73 Å². The molecule has 148 valence electrons. The van der Waals surface area contributed by atoms with E-state index in [2.05, 4.69) is 48.3 Å². The van der Waals surface area contributed by atoms with Crippen LogP contribution >= 0.6 is 24.0 Å². The Kier molecular flexibility index (Phi) is 11.3. The fourth-order valence-electron chi connectivity index (χ4n) is 3.64. The van der Waals surface area contributed by atoms with E-state index in [1.807, 2.05) is 0 Å². The van der Waals surface area contributed by atoms with E-state index < -0.39 is 0 Å². The molecule has 2 aliphatic rings. The van der Waals surface area contributed by atoms with Crippen LogP contribution in [0.15, 0.2) is 4.99 Å². The molecule has 0 amide bonds. The van der Waals surface area contributed by atoms with Gasteiger partial charge in [0.15, 0.2) is 5.96 Å². The minimum atomic E-state index is 0. The first-order valence-corrected chi connectivity index (χ1v) is 9.66. The summed E-state index contributed by atoms with van der Waals surface area (Å²) in [4.78, 5) is 9.87. The molecule has 6 nitrogen and oxygen atoms in total. The average Bonchev–Trinajstić information content (AvgIpc) is 2.98. The van der Waals surface area contributed by atoms with Gasteiger partial charge in [-0.15, -0.1) is 24.0 Å². The molecular weight excluding hydrogens is 429 g/mol. The summed E-state index contributed by atoms with van der Waals surface area (Å²) >= 11 is 0. The Bertz CT molecular complexity index is 388. The van der Waals surface area contributed by atoms with Crippen molar-refractivity contribution in [2.45, 2.75) is 45.7 Å². The van der Waals surface area contributed by atoms with Crippen molar-refractivity contribution in [2.75, 3.05) is 59.5 Å². The van der Waals surface area contributed by atoms with E-state index in [1.54, 1.807) is 0 Å².